The molecule has 2 aromatic rings. The van der Waals surface area contributed by atoms with Crippen molar-refractivity contribution in [1.29, 1.82) is 0 Å². The summed E-state index contributed by atoms with van der Waals surface area (Å²) in [5, 5.41) is 9.51. The lowest BCUT2D eigenvalue weighted by atomic mass is 10.1. The molecule has 0 radical (unpaired) electrons. The van der Waals surface area contributed by atoms with Crippen molar-refractivity contribution in [2.75, 3.05) is 18.0 Å². The second kappa shape index (κ2) is 7.67. The maximum atomic E-state index is 13.1. The van der Waals surface area contributed by atoms with Crippen molar-refractivity contribution in [3.8, 4) is 5.75 Å². The first kappa shape index (κ1) is 18.7. The predicted molar refractivity (Wildman–Crippen MR) is 90.3 cm³/mol. The van der Waals surface area contributed by atoms with E-state index in [0.717, 1.165) is 6.07 Å². The molecule has 1 aromatic heterocycles. The van der Waals surface area contributed by atoms with Gasteiger partial charge in [-0.15, -0.1) is 0 Å². The Labute approximate surface area is 153 Å². The standard InChI is InChI=1S/C17H17ClF3N3O2/c18-15-3-1-2-14(17(19,20)21)13(15)10-26-12-8-22-16(23-9-12)24-6-4-11(25)5-7-24/h1-3,8-9,11,25H,4-7,10H2. The highest BCUT2D eigenvalue weighted by Gasteiger charge is 2.34. The third kappa shape index (κ3) is 4.37. The summed E-state index contributed by atoms with van der Waals surface area (Å²) < 4.78 is 44.6. The number of halogens is 4. The van der Waals surface area contributed by atoms with Gasteiger partial charge in [-0.05, 0) is 25.0 Å². The van der Waals surface area contributed by atoms with E-state index in [0.29, 0.717) is 31.9 Å². The van der Waals surface area contributed by atoms with Crippen LogP contribution in [0.2, 0.25) is 5.02 Å². The summed E-state index contributed by atoms with van der Waals surface area (Å²) in [7, 11) is 0. The summed E-state index contributed by atoms with van der Waals surface area (Å²) in [6, 6.07) is 3.61. The summed E-state index contributed by atoms with van der Waals surface area (Å²) in [4.78, 5) is 10.3. The van der Waals surface area contributed by atoms with Crippen molar-refractivity contribution in [1.82, 2.24) is 9.97 Å². The number of hydrogen-bond donors (Lipinski definition) is 1. The molecule has 26 heavy (non-hydrogen) atoms. The van der Waals surface area contributed by atoms with E-state index in [4.69, 9.17) is 16.3 Å². The van der Waals surface area contributed by atoms with Gasteiger partial charge in [0.15, 0.2) is 5.75 Å². The van der Waals surface area contributed by atoms with Gasteiger partial charge in [0, 0.05) is 23.7 Å². The number of aliphatic hydroxyl groups is 1. The Bertz CT molecular complexity index is 748. The highest BCUT2D eigenvalue weighted by atomic mass is 35.5. The van der Waals surface area contributed by atoms with Gasteiger partial charge in [-0.2, -0.15) is 13.2 Å². The smallest absolute Gasteiger partial charge is 0.416 e. The number of anilines is 1. The first-order valence-electron chi connectivity index (χ1n) is 8.07. The van der Waals surface area contributed by atoms with Crippen molar-refractivity contribution in [3.63, 3.8) is 0 Å². The highest BCUT2D eigenvalue weighted by Crippen LogP contribution is 2.35. The molecular formula is C17H17ClF3N3O2. The number of aliphatic hydroxyl groups excluding tert-OH is 1. The predicted octanol–water partition coefficient (Wildman–Crippen LogP) is 3.69. The second-order valence-electron chi connectivity index (χ2n) is 5.99. The molecule has 3 rings (SSSR count). The minimum atomic E-state index is -4.51. The van der Waals surface area contributed by atoms with Crippen LogP contribution in [0.4, 0.5) is 19.1 Å². The Morgan fingerprint density at radius 3 is 2.46 bits per heavy atom. The average Bonchev–Trinajstić information content (AvgIpc) is 2.61. The minimum absolute atomic E-state index is 0.00996. The molecule has 5 nitrogen and oxygen atoms in total. The molecule has 0 unspecified atom stereocenters. The van der Waals surface area contributed by atoms with E-state index in [2.05, 4.69) is 9.97 Å². The lowest BCUT2D eigenvalue weighted by Gasteiger charge is -2.29. The molecule has 1 saturated heterocycles. The van der Waals surface area contributed by atoms with E-state index < -0.39 is 11.7 Å². The van der Waals surface area contributed by atoms with Gasteiger partial charge in [0.05, 0.1) is 24.1 Å². The number of hydrogen-bond acceptors (Lipinski definition) is 5. The maximum absolute atomic E-state index is 13.1. The number of ether oxygens (including phenoxy) is 1. The van der Waals surface area contributed by atoms with E-state index in [1.54, 1.807) is 0 Å². The van der Waals surface area contributed by atoms with E-state index in [1.165, 1.54) is 24.5 Å². The fraction of sp³-hybridized carbons (Fsp3) is 0.412. The summed E-state index contributed by atoms with van der Waals surface area (Å²) >= 11 is 5.90. The lowest BCUT2D eigenvalue weighted by molar-refractivity contribution is -0.138. The first-order valence-corrected chi connectivity index (χ1v) is 8.45. The number of alkyl halides is 3. The molecule has 0 bridgehead atoms. The van der Waals surface area contributed by atoms with Crippen LogP contribution in [-0.4, -0.2) is 34.3 Å². The van der Waals surface area contributed by atoms with Crippen LogP contribution < -0.4 is 9.64 Å². The highest BCUT2D eigenvalue weighted by molar-refractivity contribution is 6.31. The maximum Gasteiger partial charge on any atom is 0.416 e. The van der Waals surface area contributed by atoms with Gasteiger partial charge in [-0.25, -0.2) is 9.97 Å². The lowest BCUT2D eigenvalue weighted by Crippen LogP contribution is -2.36. The van der Waals surface area contributed by atoms with Crippen LogP contribution in [0.15, 0.2) is 30.6 Å². The van der Waals surface area contributed by atoms with Gasteiger partial charge in [-0.3, -0.25) is 0 Å². The zero-order chi connectivity index (χ0) is 18.7. The van der Waals surface area contributed by atoms with Crippen molar-refractivity contribution in [3.05, 3.63) is 46.7 Å². The molecule has 0 spiro atoms. The number of benzene rings is 1. The normalized spacial score (nSPS) is 16.0. The topological polar surface area (TPSA) is 58.5 Å². The van der Waals surface area contributed by atoms with Gasteiger partial charge in [0.25, 0.3) is 0 Å². The first-order chi connectivity index (χ1) is 12.3. The number of rotatable bonds is 4. The van der Waals surface area contributed by atoms with Crippen LogP contribution >= 0.6 is 11.6 Å². The van der Waals surface area contributed by atoms with E-state index in [9.17, 15) is 18.3 Å². The van der Waals surface area contributed by atoms with Crippen LogP contribution in [0, 0.1) is 0 Å². The fourth-order valence-corrected chi connectivity index (χ4v) is 2.97. The van der Waals surface area contributed by atoms with E-state index in [-0.39, 0.29) is 29.0 Å². The van der Waals surface area contributed by atoms with Crippen molar-refractivity contribution >= 4 is 17.5 Å². The zero-order valence-electron chi connectivity index (χ0n) is 13.7. The quantitative estimate of drug-likeness (QED) is 0.867. The van der Waals surface area contributed by atoms with Crippen LogP contribution in [0.3, 0.4) is 0 Å². The molecule has 0 aliphatic carbocycles. The molecule has 0 amide bonds. The van der Waals surface area contributed by atoms with Gasteiger partial charge in [-0.1, -0.05) is 17.7 Å². The molecule has 0 atom stereocenters. The molecule has 1 fully saturated rings. The Morgan fingerprint density at radius 1 is 1.19 bits per heavy atom. The van der Waals surface area contributed by atoms with Gasteiger partial charge in [0.2, 0.25) is 5.95 Å². The van der Waals surface area contributed by atoms with Crippen LogP contribution in [0.25, 0.3) is 0 Å². The summed E-state index contributed by atoms with van der Waals surface area (Å²) in [6.07, 6.45) is -0.687. The van der Waals surface area contributed by atoms with Gasteiger partial charge in [0.1, 0.15) is 6.61 Å². The number of aromatic nitrogens is 2. The molecule has 1 aliphatic heterocycles. The number of piperidine rings is 1. The molecule has 1 N–H and O–H groups in total. The Kier molecular flexibility index (Phi) is 5.52. The van der Waals surface area contributed by atoms with Crippen LogP contribution in [0.5, 0.6) is 5.75 Å². The monoisotopic (exact) mass is 387 g/mol. The molecule has 140 valence electrons. The number of nitrogens with zero attached hydrogens (tertiary/aromatic N) is 3. The Hall–Kier alpha value is -2.06. The second-order valence-corrected chi connectivity index (χ2v) is 6.40. The van der Waals surface area contributed by atoms with E-state index >= 15 is 0 Å². The van der Waals surface area contributed by atoms with E-state index in [1.807, 2.05) is 4.90 Å². The fourth-order valence-electron chi connectivity index (χ4n) is 2.74. The third-order valence-corrected chi connectivity index (χ3v) is 4.52. The largest absolute Gasteiger partial charge is 0.486 e. The molecular weight excluding hydrogens is 371 g/mol. The molecule has 0 saturated carbocycles. The molecule has 1 aromatic carbocycles. The third-order valence-electron chi connectivity index (χ3n) is 4.17. The average molecular weight is 388 g/mol. The van der Waals surface area contributed by atoms with Crippen LogP contribution in [0.1, 0.15) is 24.0 Å². The Morgan fingerprint density at radius 2 is 1.85 bits per heavy atom. The Balaban J connectivity index is 1.68. The molecule has 2 heterocycles. The minimum Gasteiger partial charge on any atom is -0.486 e. The summed E-state index contributed by atoms with van der Waals surface area (Å²) in [5.74, 6) is 0.747. The van der Waals surface area contributed by atoms with Crippen molar-refractivity contribution in [2.24, 2.45) is 0 Å². The van der Waals surface area contributed by atoms with Crippen molar-refractivity contribution < 1.29 is 23.0 Å². The van der Waals surface area contributed by atoms with Crippen LogP contribution in [-0.2, 0) is 12.8 Å². The van der Waals surface area contributed by atoms with Crippen molar-refractivity contribution in [2.45, 2.75) is 31.7 Å². The van der Waals surface area contributed by atoms with Gasteiger partial charge >= 0.3 is 6.18 Å². The zero-order valence-corrected chi connectivity index (χ0v) is 14.5. The SMILES string of the molecule is OC1CCN(c2ncc(OCc3c(Cl)cccc3C(F)(F)F)cn2)CC1. The summed E-state index contributed by atoms with van der Waals surface area (Å²) in [5.41, 5.74) is -0.954. The van der Waals surface area contributed by atoms with Gasteiger partial charge < -0.3 is 14.7 Å². The molecule has 9 heteroatoms. The molecule has 1 aliphatic rings. The summed E-state index contributed by atoms with van der Waals surface area (Å²) in [6.45, 7) is 0.957.